The summed E-state index contributed by atoms with van der Waals surface area (Å²) in [5, 5.41) is 4.93. The normalized spacial score (nSPS) is 13.0. The number of amides is 1. The Morgan fingerprint density at radius 2 is 2.15 bits per heavy atom. The summed E-state index contributed by atoms with van der Waals surface area (Å²) in [6.07, 6.45) is 5.67. The molecule has 1 aliphatic rings. The van der Waals surface area contributed by atoms with E-state index >= 15 is 0 Å². The fourth-order valence-corrected chi connectivity index (χ4v) is 3.59. The van der Waals surface area contributed by atoms with Gasteiger partial charge in [0.15, 0.2) is 11.5 Å². The zero-order valence-electron chi connectivity index (χ0n) is 14.6. The maximum atomic E-state index is 12.1. The predicted molar refractivity (Wildman–Crippen MR) is 105 cm³/mol. The number of hydrogen-bond acceptors (Lipinski definition) is 5. The molecule has 0 unspecified atom stereocenters. The zero-order chi connectivity index (χ0) is 18.5. The van der Waals surface area contributed by atoms with Gasteiger partial charge in [0, 0.05) is 24.7 Å². The smallest absolute Gasteiger partial charge is 0.244 e. The third kappa shape index (κ3) is 4.20. The van der Waals surface area contributed by atoms with Crippen LogP contribution in [0.2, 0.25) is 0 Å². The van der Waals surface area contributed by atoms with Crippen LogP contribution in [0.1, 0.15) is 11.3 Å². The maximum Gasteiger partial charge on any atom is 0.244 e. The molecule has 1 aliphatic heterocycles. The number of carbonyl (C=O) groups excluding carboxylic acids is 1. The van der Waals surface area contributed by atoms with Crippen molar-refractivity contribution in [2.75, 3.05) is 19.8 Å². The fraction of sp³-hybridized carbons (Fsp3) is 0.200. The summed E-state index contributed by atoms with van der Waals surface area (Å²) in [5.74, 6) is 1.31. The predicted octanol–water partition coefficient (Wildman–Crippen LogP) is 3.28. The molecule has 1 amide bonds. The third-order valence-corrected chi connectivity index (χ3v) is 5.02. The van der Waals surface area contributed by atoms with Crippen LogP contribution in [0.25, 0.3) is 16.6 Å². The first-order valence-electron chi connectivity index (χ1n) is 8.71. The molecule has 0 radical (unpaired) electrons. The Labute approximate surface area is 160 Å². The number of carbonyl (C=O) groups is 1. The molecule has 3 aromatic rings. The van der Waals surface area contributed by atoms with Crippen molar-refractivity contribution in [2.24, 2.45) is 0 Å². The summed E-state index contributed by atoms with van der Waals surface area (Å²) in [6.45, 7) is 1.64. The Kier molecular flexibility index (Phi) is 5.20. The van der Waals surface area contributed by atoms with Gasteiger partial charge in [-0.3, -0.25) is 4.79 Å². The molecule has 27 heavy (non-hydrogen) atoms. The lowest BCUT2D eigenvalue weighted by atomic mass is 10.2. The van der Waals surface area contributed by atoms with Gasteiger partial charge in [0.05, 0.1) is 11.2 Å². The van der Waals surface area contributed by atoms with Crippen molar-refractivity contribution >= 4 is 23.3 Å². The first-order chi connectivity index (χ1) is 13.3. The minimum atomic E-state index is -0.137. The van der Waals surface area contributed by atoms with Crippen molar-refractivity contribution in [1.82, 2.24) is 15.3 Å². The van der Waals surface area contributed by atoms with E-state index in [-0.39, 0.29) is 5.91 Å². The van der Waals surface area contributed by atoms with Gasteiger partial charge in [-0.05, 0) is 35.2 Å². The summed E-state index contributed by atoms with van der Waals surface area (Å²) in [7, 11) is 0. The Morgan fingerprint density at radius 1 is 1.26 bits per heavy atom. The highest BCUT2D eigenvalue weighted by Gasteiger charge is 2.11. The molecule has 6 nitrogen and oxygen atoms in total. The number of hydrogen-bond donors (Lipinski definition) is 2. The summed E-state index contributed by atoms with van der Waals surface area (Å²) in [6, 6.07) is 9.67. The van der Waals surface area contributed by atoms with Gasteiger partial charge in [0.25, 0.3) is 0 Å². The lowest BCUT2D eigenvalue weighted by Gasteiger charge is -2.18. The number of aromatic nitrogens is 2. The minimum Gasteiger partial charge on any atom is -0.486 e. The van der Waals surface area contributed by atoms with E-state index in [1.165, 1.54) is 6.08 Å². The highest BCUT2D eigenvalue weighted by Crippen LogP contribution is 2.31. The molecule has 0 aliphatic carbocycles. The molecule has 0 saturated heterocycles. The quantitative estimate of drug-likeness (QED) is 0.643. The molecule has 4 rings (SSSR count). The standard InChI is InChI=1S/C20H19N3O3S/c24-19(6-4-14-3-5-16-17(12-14)26-10-9-25-16)21-8-7-15-20(23-13-22-15)18-2-1-11-27-18/h1-6,11-13H,7-10H2,(H,21,24)(H,22,23)/b6-4-. The molecule has 138 valence electrons. The first kappa shape index (κ1) is 17.4. The lowest BCUT2D eigenvalue weighted by Crippen LogP contribution is -2.23. The Bertz CT molecular complexity index is 947. The molecule has 0 atom stereocenters. The van der Waals surface area contributed by atoms with Crippen LogP contribution in [0.3, 0.4) is 0 Å². The van der Waals surface area contributed by atoms with Crippen LogP contribution in [0.5, 0.6) is 11.5 Å². The minimum absolute atomic E-state index is 0.137. The molecule has 3 heterocycles. The second-order valence-electron chi connectivity index (χ2n) is 5.98. The molecule has 0 saturated carbocycles. The van der Waals surface area contributed by atoms with Gasteiger partial charge in [-0.15, -0.1) is 11.3 Å². The SMILES string of the molecule is O=C(/C=C\c1ccc2c(c1)OCCO2)NCCc1[nH]cnc1-c1cccs1. The molecule has 0 spiro atoms. The number of thiophene rings is 1. The van der Waals surface area contributed by atoms with Crippen molar-refractivity contribution in [3.8, 4) is 22.1 Å². The number of H-pyrrole nitrogens is 1. The van der Waals surface area contributed by atoms with Crippen LogP contribution >= 0.6 is 11.3 Å². The summed E-state index contributed by atoms with van der Waals surface area (Å²) < 4.78 is 11.0. The van der Waals surface area contributed by atoms with E-state index in [1.54, 1.807) is 23.7 Å². The topological polar surface area (TPSA) is 76.2 Å². The highest BCUT2D eigenvalue weighted by molar-refractivity contribution is 7.13. The highest BCUT2D eigenvalue weighted by atomic mass is 32.1. The second kappa shape index (κ2) is 8.09. The number of imidazole rings is 1. The maximum absolute atomic E-state index is 12.1. The second-order valence-corrected chi connectivity index (χ2v) is 6.93. The Morgan fingerprint density at radius 3 is 3.00 bits per heavy atom. The number of ether oxygens (including phenoxy) is 2. The van der Waals surface area contributed by atoms with Crippen LogP contribution in [0.4, 0.5) is 0 Å². The molecular formula is C20H19N3O3S. The largest absolute Gasteiger partial charge is 0.486 e. The monoisotopic (exact) mass is 381 g/mol. The molecule has 0 fully saturated rings. The summed E-state index contributed by atoms with van der Waals surface area (Å²) >= 11 is 1.65. The van der Waals surface area contributed by atoms with E-state index in [1.807, 2.05) is 35.7 Å². The van der Waals surface area contributed by atoms with Gasteiger partial charge in [0.1, 0.15) is 18.9 Å². The van der Waals surface area contributed by atoms with Gasteiger partial charge in [0.2, 0.25) is 5.91 Å². The zero-order valence-corrected chi connectivity index (χ0v) is 15.4. The number of fused-ring (bicyclic) bond motifs is 1. The lowest BCUT2D eigenvalue weighted by molar-refractivity contribution is -0.116. The molecular weight excluding hydrogens is 362 g/mol. The fourth-order valence-electron chi connectivity index (χ4n) is 2.84. The van der Waals surface area contributed by atoms with E-state index in [4.69, 9.17) is 9.47 Å². The van der Waals surface area contributed by atoms with E-state index in [2.05, 4.69) is 15.3 Å². The average molecular weight is 381 g/mol. The molecule has 0 bridgehead atoms. The van der Waals surface area contributed by atoms with Gasteiger partial charge >= 0.3 is 0 Å². The average Bonchev–Trinajstić information content (AvgIpc) is 3.37. The molecule has 2 N–H and O–H groups in total. The first-order valence-corrected chi connectivity index (χ1v) is 9.59. The summed E-state index contributed by atoms with van der Waals surface area (Å²) in [4.78, 5) is 20.7. The Hall–Kier alpha value is -3.06. The van der Waals surface area contributed by atoms with E-state index in [9.17, 15) is 4.79 Å². The Balaban J connectivity index is 1.30. The molecule has 1 aromatic carbocycles. The van der Waals surface area contributed by atoms with E-state index in [0.29, 0.717) is 31.9 Å². The number of nitrogens with zero attached hydrogens (tertiary/aromatic N) is 1. The number of rotatable bonds is 6. The van der Waals surface area contributed by atoms with Crippen LogP contribution in [0, 0.1) is 0 Å². The number of benzene rings is 1. The number of nitrogens with one attached hydrogen (secondary N) is 2. The summed E-state index contributed by atoms with van der Waals surface area (Å²) in [5.41, 5.74) is 2.86. The van der Waals surface area contributed by atoms with Crippen LogP contribution in [0.15, 0.2) is 48.1 Å². The van der Waals surface area contributed by atoms with Crippen LogP contribution < -0.4 is 14.8 Å². The molecule has 2 aromatic heterocycles. The van der Waals surface area contributed by atoms with Gasteiger partial charge in [-0.1, -0.05) is 12.1 Å². The van der Waals surface area contributed by atoms with Gasteiger partial charge in [-0.25, -0.2) is 4.98 Å². The van der Waals surface area contributed by atoms with E-state index < -0.39 is 0 Å². The van der Waals surface area contributed by atoms with Crippen LogP contribution in [-0.2, 0) is 11.2 Å². The molecule has 7 heteroatoms. The van der Waals surface area contributed by atoms with Crippen molar-refractivity contribution < 1.29 is 14.3 Å². The van der Waals surface area contributed by atoms with Gasteiger partial charge < -0.3 is 19.8 Å². The van der Waals surface area contributed by atoms with Crippen LogP contribution in [-0.4, -0.2) is 35.6 Å². The van der Waals surface area contributed by atoms with Crippen molar-refractivity contribution in [3.05, 3.63) is 59.4 Å². The third-order valence-electron chi connectivity index (χ3n) is 4.14. The van der Waals surface area contributed by atoms with Crippen molar-refractivity contribution in [2.45, 2.75) is 6.42 Å². The van der Waals surface area contributed by atoms with Gasteiger partial charge in [-0.2, -0.15) is 0 Å². The number of aromatic amines is 1. The van der Waals surface area contributed by atoms with Crippen molar-refractivity contribution in [3.63, 3.8) is 0 Å². The van der Waals surface area contributed by atoms with Crippen molar-refractivity contribution in [1.29, 1.82) is 0 Å². The van der Waals surface area contributed by atoms with E-state index in [0.717, 1.165) is 27.6 Å².